The molecule has 0 radical (unpaired) electrons. The van der Waals surface area contributed by atoms with Crippen molar-refractivity contribution in [3.05, 3.63) is 94.5 Å². The number of nitrogens with one attached hydrogen (secondary N) is 2. The Kier molecular flexibility index (Phi) is 11.7. The molecule has 1 saturated heterocycles. The SMILES string of the molecule is COC(=O)N[C@H](C(=O)Cc1cncc(F)c1CC[C@H]1CNC[C@@H](C)N1S(=O)(=O)c1ccccc1)[C@@H](c1ccc(Cl)cc1)C(C)C. The summed E-state index contributed by atoms with van der Waals surface area (Å²) in [7, 11) is -2.58. The second-order valence-electron chi connectivity index (χ2n) is 11.7. The van der Waals surface area contributed by atoms with Crippen LogP contribution >= 0.6 is 11.6 Å². The number of amides is 1. The van der Waals surface area contributed by atoms with Crippen molar-refractivity contribution >= 4 is 33.5 Å². The Balaban J connectivity index is 1.60. The third-order valence-electron chi connectivity index (χ3n) is 8.26. The Morgan fingerprint density at radius 2 is 1.80 bits per heavy atom. The van der Waals surface area contributed by atoms with Crippen LogP contribution in [-0.2, 0) is 32.4 Å². The monoisotopic (exact) mass is 658 g/mol. The maximum absolute atomic E-state index is 15.4. The molecule has 1 aliphatic heterocycles. The number of pyridine rings is 1. The summed E-state index contributed by atoms with van der Waals surface area (Å²) in [6, 6.07) is 13.6. The van der Waals surface area contributed by atoms with Gasteiger partial charge in [0.1, 0.15) is 5.82 Å². The van der Waals surface area contributed by atoms with Crippen molar-refractivity contribution in [3.8, 4) is 0 Å². The number of nitrogens with zero attached hydrogens (tertiary/aromatic N) is 2. The lowest BCUT2D eigenvalue weighted by Crippen LogP contribution is -2.58. The molecule has 4 atom stereocenters. The number of hydrogen-bond donors (Lipinski definition) is 2. The number of benzene rings is 2. The van der Waals surface area contributed by atoms with Gasteiger partial charge < -0.3 is 15.4 Å². The minimum absolute atomic E-state index is 0.0688. The number of halogens is 2. The number of hydrogen-bond acceptors (Lipinski definition) is 7. The highest BCUT2D eigenvalue weighted by Gasteiger charge is 2.38. The molecule has 1 aliphatic rings. The van der Waals surface area contributed by atoms with E-state index in [-0.39, 0.29) is 41.0 Å². The predicted molar refractivity (Wildman–Crippen MR) is 171 cm³/mol. The van der Waals surface area contributed by atoms with Crippen molar-refractivity contribution in [1.82, 2.24) is 19.9 Å². The zero-order valence-corrected chi connectivity index (χ0v) is 27.4. The maximum atomic E-state index is 15.4. The molecular weight excluding hydrogens is 619 g/mol. The molecular formula is C33H40ClFN4O5S. The Hall–Kier alpha value is -3.38. The molecule has 2 heterocycles. The van der Waals surface area contributed by atoms with Crippen LogP contribution in [0.3, 0.4) is 0 Å². The fraction of sp³-hybridized carbons (Fsp3) is 0.424. The van der Waals surface area contributed by atoms with Gasteiger partial charge in [0.05, 0.1) is 24.2 Å². The molecule has 4 rings (SSSR count). The van der Waals surface area contributed by atoms with Gasteiger partial charge in [-0.2, -0.15) is 4.31 Å². The first kappa shape index (κ1) is 34.5. The second-order valence-corrected chi connectivity index (χ2v) is 14.0. The van der Waals surface area contributed by atoms with E-state index >= 15 is 4.39 Å². The van der Waals surface area contributed by atoms with Crippen LogP contribution in [0.5, 0.6) is 0 Å². The van der Waals surface area contributed by atoms with Crippen LogP contribution in [-0.4, -0.2) is 67.9 Å². The Bertz CT molecular complexity index is 1570. The molecule has 12 heteroatoms. The van der Waals surface area contributed by atoms with Crippen LogP contribution < -0.4 is 10.6 Å². The predicted octanol–water partition coefficient (Wildman–Crippen LogP) is 5.13. The number of piperazine rings is 1. The van der Waals surface area contributed by atoms with Gasteiger partial charge in [0.15, 0.2) is 5.78 Å². The summed E-state index contributed by atoms with van der Waals surface area (Å²) >= 11 is 6.10. The first-order valence-corrected chi connectivity index (χ1v) is 16.8. The van der Waals surface area contributed by atoms with Crippen LogP contribution in [0.4, 0.5) is 9.18 Å². The number of sulfonamides is 1. The molecule has 45 heavy (non-hydrogen) atoms. The largest absolute Gasteiger partial charge is 0.453 e. The standard InChI is InChI=1S/C33H40ClFN4O5S/c1-21(2)31(23-10-12-25(34)13-11-23)32(38-33(41)44-4)30(40)16-24-18-37-20-29(35)28(24)15-14-26-19-36-17-22(3)39(26)45(42,43)27-8-6-5-7-9-27/h5-13,18,20-22,26,31-32,36H,14-17,19H2,1-4H3,(H,38,41)/t22-,26+,31-,32-/m1/s1. The third-order valence-corrected chi connectivity index (χ3v) is 10.6. The van der Waals surface area contributed by atoms with E-state index in [1.165, 1.54) is 17.6 Å². The minimum atomic E-state index is -3.80. The number of Topliss-reactive ketones (excluding diaryl/α,β-unsaturated/α-hetero) is 1. The van der Waals surface area contributed by atoms with Crippen molar-refractivity contribution in [3.63, 3.8) is 0 Å². The van der Waals surface area contributed by atoms with Crippen molar-refractivity contribution < 1.29 is 27.1 Å². The fourth-order valence-corrected chi connectivity index (χ4v) is 8.11. The number of ether oxygens (including phenoxy) is 1. The number of alkyl carbamates (subject to hydrolysis) is 1. The molecule has 1 amide bonds. The van der Waals surface area contributed by atoms with E-state index < -0.39 is 39.9 Å². The van der Waals surface area contributed by atoms with E-state index in [1.54, 1.807) is 42.5 Å². The number of carbonyl (C=O) groups is 2. The molecule has 0 saturated carbocycles. The van der Waals surface area contributed by atoms with E-state index in [0.29, 0.717) is 30.1 Å². The fourth-order valence-electron chi connectivity index (χ4n) is 6.12. The lowest BCUT2D eigenvalue weighted by molar-refractivity contribution is -0.121. The van der Waals surface area contributed by atoms with E-state index in [2.05, 4.69) is 15.6 Å². The highest BCUT2D eigenvalue weighted by molar-refractivity contribution is 7.89. The highest BCUT2D eigenvalue weighted by atomic mass is 35.5. The van der Waals surface area contributed by atoms with Gasteiger partial charge in [-0.1, -0.05) is 55.8 Å². The quantitative estimate of drug-likeness (QED) is 0.277. The van der Waals surface area contributed by atoms with Crippen LogP contribution in [0.2, 0.25) is 5.02 Å². The molecule has 0 bridgehead atoms. The minimum Gasteiger partial charge on any atom is -0.453 e. The molecule has 9 nitrogen and oxygen atoms in total. The van der Waals surface area contributed by atoms with Gasteiger partial charge in [0.25, 0.3) is 0 Å². The van der Waals surface area contributed by atoms with E-state index in [9.17, 15) is 18.0 Å². The van der Waals surface area contributed by atoms with Crippen molar-refractivity contribution in [1.29, 1.82) is 0 Å². The molecule has 0 spiro atoms. The molecule has 0 unspecified atom stereocenters. The topological polar surface area (TPSA) is 118 Å². The smallest absolute Gasteiger partial charge is 0.407 e. The first-order valence-electron chi connectivity index (χ1n) is 15.0. The Morgan fingerprint density at radius 3 is 2.44 bits per heavy atom. The third kappa shape index (κ3) is 8.26. The summed E-state index contributed by atoms with van der Waals surface area (Å²) in [6.07, 6.45) is 2.09. The summed E-state index contributed by atoms with van der Waals surface area (Å²) in [6.45, 7) is 6.63. The summed E-state index contributed by atoms with van der Waals surface area (Å²) in [5, 5.41) is 6.53. The normalized spacial score (nSPS) is 18.7. The van der Waals surface area contributed by atoms with E-state index in [0.717, 1.165) is 11.8 Å². The summed E-state index contributed by atoms with van der Waals surface area (Å²) in [5.41, 5.74) is 1.47. The van der Waals surface area contributed by atoms with Gasteiger partial charge in [-0.25, -0.2) is 17.6 Å². The van der Waals surface area contributed by atoms with Crippen LogP contribution in [0.15, 0.2) is 71.9 Å². The zero-order valence-electron chi connectivity index (χ0n) is 25.9. The lowest BCUT2D eigenvalue weighted by atomic mass is 9.79. The van der Waals surface area contributed by atoms with Gasteiger partial charge in [0.2, 0.25) is 10.0 Å². The first-order chi connectivity index (χ1) is 21.4. The highest BCUT2D eigenvalue weighted by Crippen LogP contribution is 2.31. The maximum Gasteiger partial charge on any atom is 0.407 e. The Labute approximate surface area is 269 Å². The van der Waals surface area contributed by atoms with E-state index in [1.807, 2.05) is 32.9 Å². The molecule has 1 aromatic heterocycles. The summed E-state index contributed by atoms with van der Waals surface area (Å²) < 4.78 is 49.0. The summed E-state index contributed by atoms with van der Waals surface area (Å²) in [5.74, 6) is -1.42. The van der Waals surface area contributed by atoms with Crippen LogP contribution in [0.25, 0.3) is 0 Å². The number of carbonyl (C=O) groups excluding carboxylic acids is 2. The average molecular weight is 659 g/mol. The zero-order chi connectivity index (χ0) is 32.7. The lowest BCUT2D eigenvalue weighted by Gasteiger charge is -2.40. The molecule has 3 aromatic rings. The number of aromatic nitrogens is 1. The number of rotatable bonds is 12. The van der Waals surface area contributed by atoms with Crippen LogP contribution in [0, 0.1) is 11.7 Å². The van der Waals surface area contributed by atoms with Gasteiger partial charge in [-0.3, -0.25) is 9.78 Å². The molecule has 1 fully saturated rings. The van der Waals surface area contributed by atoms with Gasteiger partial charge >= 0.3 is 6.09 Å². The molecule has 2 aromatic carbocycles. The van der Waals surface area contributed by atoms with Crippen molar-refractivity contribution in [2.24, 2.45) is 5.92 Å². The van der Waals surface area contributed by atoms with Gasteiger partial charge in [-0.05, 0) is 66.6 Å². The summed E-state index contributed by atoms with van der Waals surface area (Å²) in [4.78, 5) is 30.6. The van der Waals surface area contributed by atoms with Crippen LogP contribution in [0.1, 0.15) is 49.8 Å². The van der Waals surface area contributed by atoms with Gasteiger partial charge in [0, 0.05) is 48.7 Å². The number of ketones is 1. The molecule has 0 aliphatic carbocycles. The number of methoxy groups -OCH3 is 1. The Morgan fingerprint density at radius 1 is 1.11 bits per heavy atom. The van der Waals surface area contributed by atoms with E-state index in [4.69, 9.17) is 16.3 Å². The second kappa shape index (κ2) is 15.3. The van der Waals surface area contributed by atoms with Gasteiger partial charge in [-0.15, -0.1) is 0 Å². The molecule has 2 N–H and O–H groups in total. The average Bonchev–Trinajstić information content (AvgIpc) is 3.01. The molecule has 242 valence electrons. The van der Waals surface area contributed by atoms with Crippen molar-refractivity contribution in [2.45, 2.75) is 69.0 Å². The van der Waals surface area contributed by atoms with Crippen molar-refractivity contribution in [2.75, 3.05) is 20.2 Å².